The van der Waals surface area contributed by atoms with Gasteiger partial charge < -0.3 is 10.1 Å². The van der Waals surface area contributed by atoms with Crippen LogP contribution in [0.3, 0.4) is 0 Å². The van der Waals surface area contributed by atoms with Gasteiger partial charge in [0.25, 0.3) is 0 Å². The van der Waals surface area contributed by atoms with Gasteiger partial charge >= 0.3 is 0 Å². The van der Waals surface area contributed by atoms with Crippen LogP contribution < -0.4 is 10.1 Å². The lowest BCUT2D eigenvalue weighted by Gasteiger charge is -2.15. The van der Waals surface area contributed by atoms with Crippen molar-refractivity contribution in [1.82, 2.24) is 5.32 Å². The van der Waals surface area contributed by atoms with Crippen molar-refractivity contribution in [2.24, 2.45) is 0 Å². The lowest BCUT2D eigenvalue weighted by atomic mass is 9.94. The van der Waals surface area contributed by atoms with Crippen molar-refractivity contribution >= 4 is 0 Å². The SMILES string of the molecule is Cc1ccc(C(C)C)c2c1C(NC1CC1)CO2. The van der Waals surface area contributed by atoms with Gasteiger partial charge in [0.1, 0.15) is 12.4 Å². The second-order valence-electron chi connectivity index (χ2n) is 5.67. The Bertz CT molecular complexity index is 435. The molecule has 1 aromatic carbocycles. The molecule has 92 valence electrons. The molecule has 1 saturated carbocycles. The Labute approximate surface area is 103 Å². The molecule has 17 heavy (non-hydrogen) atoms. The van der Waals surface area contributed by atoms with Gasteiger partial charge in [-0.15, -0.1) is 0 Å². The van der Waals surface area contributed by atoms with Crippen LogP contribution in [0.1, 0.15) is 55.3 Å². The molecule has 2 heteroatoms. The summed E-state index contributed by atoms with van der Waals surface area (Å²) in [6.45, 7) is 7.46. The molecule has 3 rings (SSSR count). The molecule has 1 N–H and O–H groups in total. The van der Waals surface area contributed by atoms with Crippen LogP contribution >= 0.6 is 0 Å². The lowest BCUT2D eigenvalue weighted by molar-refractivity contribution is 0.307. The highest BCUT2D eigenvalue weighted by Crippen LogP contribution is 2.41. The molecule has 1 aliphatic carbocycles. The molecule has 0 spiro atoms. The van der Waals surface area contributed by atoms with Gasteiger partial charge in [0, 0.05) is 11.6 Å². The first-order chi connectivity index (χ1) is 8.16. The second-order valence-corrected chi connectivity index (χ2v) is 5.67. The van der Waals surface area contributed by atoms with Gasteiger partial charge in [-0.05, 0) is 36.8 Å². The summed E-state index contributed by atoms with van der Waals surface area (Å²) in [6, 6.07) is 5.61. The third-order valence-electron chi connectivity index (χ3n) is 3.82. The van der Waals surface area contributed by atoms with Crippen molar-refractivity contribution in [2.45, 2.75) is 51.6 Å². The van der Waals surface area contributed by atoms with E-state index in [0.29, 0.717) is 12.0 Å². The third kappa shape index (κ3) is 1.95. The van der Waals surface area contributed by atoms with Gasteiger partial charge in [-0.2, -0.15) is 0 Å². The summed E-state index contributed by atoms with van der Waals surface area (Å²) < 4.78 is 5.95. The molecule has 0 bridgehead atoms. The summed E-state index contributed by atoms with van der Waals surface area (Å²) >= 11 is 0. The molecule has 0 aromatic heterocycles. The highest BCUT2D eigenvalue weighted by molar-refractivity contribution is 5.51. The van der Waals surface area contributed by atoms with Crippen LogP contribution in [0.4, 0.5) is 0 Å². The summed E-state index contributed by atoms with van der Waals surface area (Å²) in [6.07, 6.45) is 2.66. The maximum Gasteiger partial charge on any atom is 0.128 e. The van der Waals surface area contributed by atoms with Crippen LogP contribution in [0, 0.1) is 6.92 Å². The first kappa shape index (κ1) is 11.1. The van der Waals surface area contributed by atoms with Crippen LogP contribution in [-0.4, -0.2) is 12.6 Å². The first-order valence-electron chi connectivity index (χ1n) is 6.69. The molecule has 1 aromatic rings. The van der Waals surface area contributed by atoms with E-state index in [-0.39, 0.29) is 0 Å². The number of rotatable bonds is 3. The molecule has 1 fully saturated rings. The molecule has 1 heterocycles. The normalized spacial score (nSPS) is 22.7. The van der Waals surface area contributed by atoms with Crippen molar-refractivity contribution in [3.05, 3.63) is 28.8 Å². The van der Waals surface area contributed by atoms with E-state index >= 15 is 0 Å². The van der Waals surface area contributed by atoms with Gasteiger partial charge in [-0.1, -0.05) is 26.0 Å². The molecule has 2 aliphatic rings. The van der Waals surface area contributed by atoms with E-state index in [4.69, 9.17) is 4.74 Å². The van der Waals surface area contributed by atoms with E-state index in [9.17, 15) is 0 Å². The summed E-state index contributed by atoms with van der Waals surface area (Å²) in [7, 11) is 0. The molecule has 1 aliphatic heterocycles. The minimum Gasteiger partial charge on any atom is -0.491 e. The van der Waals surface area contributed by atoms with E-state index < -0.39 is 0 Å². The van der Waals surface area contributed by atoms with Crippen molar-refractivity contribution in [1.29, 1.82) is 0 Å². The Morgan fingerprint density at radius 1 is 1.29 bits per heavy atom. The number of ether oxygens (including phenoxy) is 1. The summed E-state index contributed by atoms with van der Waals surface area (Å²) in [4.78, 5) is 0. The van der Waals surface area contributed by atoms with E-state index in [1.807, 2.05) is 0 Å². The summed E-state index contributed by atoms with van der Waals surface area (Å²) in [5, 5.41) is 3.69. The Hall–Kier alpha value is -1.02. The minimum atomic E-state index is 0.413. The molecule has 1 atom stereocenters. The van der Waals surface area contributed by atoms with Crippen LogP contribution in [0.5, 0.6) is 5.75 Å². The molecule has 1 unspecified atom stereocenters. The zero-order chi connectivity index (χ0) is 12.0. The van der Waals surface area contributed by atoms with Crippen LogP contribution in [0.2, 0.25) is 0 Å². The van der Waals surface area contributed by atoms with Gasteiger partial charge in [-0.25, -0.2) is 0 Å². The van der Waals surface area contributed by atoms with Crippen LogP contribution in [0.25, 0.3) is 0 Å². The minimum absolute atomic E-state index is 0.413. The number of aryl methyl sites for hydroxylation is 1. The van der Waals surface area contributed by atoms with Crippen LogP contribution in [-0.2, 0) is 0 Å². The van der Waals surface area contributed by atoms with Gasteiger partial charge in [0.05, 0.1) is 6.04 Å². The van der Waals surface area contributed by atoms with E-state index in [1.165, 1.54) is 29.5 Å². The molecular formula is C15H21NO. The van der Waals surface area contributed by atoms with E-state index in [2.05, 4.69) is 38.2 Å². The maximum atomic E-state index is 5.95. The predicted octanol–water partition coefficient (Wildman–Crippen LogP) is 3.30. The number of nitrogens with one attached hydrogen (secondary N) is 1. The Morgan fingerprint density at radius 3 is 2.71 bits per heavy atom. The largest absolute Gasteiger partial charge is 0.491 e. The highest BCUT2D eigenvalue weighted by Gasteiger charge is 2.33. The van der Waals surface area contributed by atoms with Gasteiger partial charge in [0.2, 0.25) is 0 Å². The number of fused-ring (bicyclic) bond motifs is 1. The van der Waals surface area contributed by atoms with E-state index in [0.717, 1.165) is 18.4 Å². The number of hydrogen-bond acceptors (Lipinski definition) is 2. The predicted molar refractivity (Wildman–Crippen MR) is 69.7 cm³/mol. The Balaban J connectivity index is 1.97. The standard InChI is InChI=1S/C15H21NO/c1-9(2)12-7-4-10(3)14-13(8-17-15(12)14)16-11-5-6-11/h4,7,9,11,13,16H,5-6,8H2,1-3H3. The molecule has 0 amide bonds. The quantitative estimate of drug-likeness (QED) is 0.861. The third-order valence-corrected chi connectivity index (χ3v) is 3.82. The smallest absolute Gasteiger partial charge is 0.128 e. The second kappa shape index (κ2) is 4.02. The number of hydrogen-bond donors (Lipinski definition) is 1. The zero-order valence-corrected chi connectivity index (χ0v) is 10.9. The van der Waals surface area contributed by atoms with E-state index in [1.54, 1.807) is 0 Å². The highest BCUT2D eigenvalue weighted by atomic mass is 16.5. The number of benzene rings is 1. The van der Waals surface area contributed by atoms with Crippen molar-refractivity contribution in [3.63, 3.8) is 0 Å². The monoisotopic (exact) mass is 231 g/mol. The molecular weight excluding hydrogens is 210 g/mol. The molecule has 0 radical (unpaired) electrons. The van der Waals surface area contributed by atoms with Crippen molar-refractivity contribution in [2.75, 3.05) is 6.61 Å². The van der Waals surface area contributed by atoms with Crippen molar-refractivity contribution in [3.8, 4) is 5.75 Å². The lowest BCUT2D eigenvalue weighted by Crippen LogP contribution is -2.24. The average molecular weight is 231 g/mol. The summed E-state index contributed by atoms with van der Waals surface area (Å²) in [5.41, 5.74) is 4.12. The van der Waals surface area contributed by atoms with Gasteiger partial charge in [-0.3, -0.25) is 0 Å². The van der Waals surface area contributed by atoms with Crippen LogP contribution in [0.15, 0.2) is 12.1 Å². The fourth-order valence-electron chi connectivity index (χ4n) is 2.68. The zero-order valence-electron chi connectivity index (χ0n) is 10.9. The molecule has 0 saturated heterocycles. The maximum absolute atomic E-state index is 5.95. The topological polar surface area (TPSA) is 21.3 Å². The fourth-order valence-corrected chi connectivity index (χ4v) is 2.68. The van der Waals surface area contributed by atoms with Crippen molar-refractivity contribution < 1.29 is 4.74 Å². The summed E-state index contributed by atoms with van der Waals surface area (Å²) in [5.74, 6) is 1.68. The van der Waals surface area contributed by atoms with Gasteiger partial charge in [0.15, 0.2) is 0 Å². The Morgan fingerprint density at radius 2 is 2.06 bits per heavy atom. The Kier molecular flexibility index (Phi) is 2.62. The first-order valence-corrected chi connectivity index (χ1v) is 6.69. The average Bonchev–Trinajstić information content (AvgIpc) is 2.98. The fraction of sp³-hybridized carbons (Fsp3) is 0.600. The molecule has 2 nitrogen and oxygen atoms in total.